The number of rotatable bonds is 13. The van der Waals surface area contributed by atoms with Gasteiger partial charge in [0.25, 0.3) is 11.5 Å². The van der Waals surface area contributed by atoms with E-state index in [1.165, 1.54) is 29.8 Å². The molecule has 18 heteroatoms. The van der Waals surface area contributed by atoms with Crippen LogP contribution in [0.5, 0.6) is 0 Å². The Kier molecular flexibility index (Phi) is 12.9. The second-order valence-corrected chi connectivity index (χ2v) is 14.2. The zero-order valence-electron chi connectivity index (χ0n) is 28.2. The Bertz CT molecular complexity index is 1720. The van der Waals surface area contributed by atoms with Crippen LogP contribution in [0.4, 0.5) is 0 Å². The highest BCUT2D eigenvalue weighted by atomic mass is 32.2. The highest BCUT2D eigenvalue weighted by Crippen LogP contribution is 2.30. The lowest BCUT2D eigenvalue weighted by Crippen LogP contribution is -2.57. The summed E-state index contributed by atoms with van der Waals surface area (Å²) in [6.45, 7) is 6.67. The number of aliphatic hydroxyl groups excluding tert-OH is 1. The molecule has 3 unspecified atom stereocenters. The molecule has 50 heavy (non-hydrogen) atoms. The molecule has 4 N–H and O–H groups in total. The highest BCUT2D eigenvalue weighted by Gasteiger charge is 2.41. The number of nitrogens with one attached hydrogen (secondary N) is 3. The largest absolute Gasteiger partial charge is 0.463 e. The van der Waals surface area contributed by atoms with E-state index in [0.717, 1.165) is 10.1 Å². The molecular weight excluding hydrogens is 672 g/mol. The Balaban J connectivity index is 1.35. The Hall–Kier alpha value is -4.64. The average molecular weight is 715 g/mol. The Morgan fingerprint density at radius 2 is 1.92 bits per heavy atom. The number of amides is 3. The lowest BCUT2D eigenvalue weighted by molar-refractivity contribution is -0.150. The van der Waals surface area contributed by atoms with Gasteiger partial charge in [-0.1, -0.05) is 35.4 Å². The van der Waals surface area contributed by atoms with E-state index in [4.69, 9.17) is 15.0 Å². The number of benzene rings is 1. The van der Waals surface area contributed by atoms with Crippen LogP contribution < -0.4 is 21.9 Å². The molecule has 0 aliphatic carbocycles. The third kappa shape index (κ3) is 10.2. The third-order valence-electron chi connectivity index (χ3n) is 8.07. The molecule has 17 nitrogen and oxygen atoms in total. The van der Waals surface area contributed by atoms with Gasteiger partial charge in [-0.25, -0.2) is 4.79 Å². The maximum Gasteiger partial charge on any atom is 0.330 e. The minimum atomic E-state index is -1.68. The van der Waals surface area contributed by atoms with Crippen LogP contribution in [0.1, 0.15) is 57.4 Å². The molecule has 0 saturated carbocycles. The second kappa shape index (κ2) is 16.8. The molecule has 3 heterocycles. The first kappa shape index (κ1) is 38.2. The Morgan fingerprint density at radius 3 is 2.60 bits per heavy atom. The van der Waals surface area contributed by atoms with Gasteiger partial charge in [-0.05, 0) is 45.2 Å². The predicted molar refractivity (Wildman–Crippen MR) is 182 cm³/mol. The average Bonchev–Trinajstić information content (AvgIpc) is 3.71. The van der Waals surface area contributed by atoms with Crippen molar-refractivity contribution in [2.45, 2.75) is 95.5 Å². The maximum atomic E-state index is 13.5. The van der Waals surface area contributed by atoms with Gasteiger partial charge in [0.2, 0.25) is 11.8 Å². The summed E-state index contributed by atoms with van der Waals surface area (Å²) in [6, 6.07) is 6.30. The molecule has 2 aliphatic rings. The summed E-state index contributed by atoms with van der Waals surface area (Å²) in [6.07, 6.45) is -2.64. The minimum absolute atomic E-state index is 0.0854. The van der Waals surface area contributed by atoms with Crippen LogP contribution in [-0.4, -0.2) is 97.4 Å². The Labute approximate surface area is 291 Å². The summed E-state index contributed by atoms with van der Waals surface area (Å²) >= 11 is 1.38. The lowest BCUT2D eigenvalue weighted by atomic mass is 9.99. The van der Waals surface area contributed by atoms with E-state index in [9.17, 15) is 33.9 Å². The molecular formula is C32H42N8O9S. The number of carbonyl (C=O) groups is 4. The van der Waals surface area contributed by atoms with Crippen LogP contribution >= 0.6 is 11.8 Å². The number of esters is 1. The van der Waals surface area contributed by atoms with Crippen molar-refractivity contribution < 1.29 is 33.8 Å². The molecule has 0 radical (unpaired) electrons. The van der Waals surface area contributed by atoms with Gasteiger partial charge in [-0.15, -0.1) is 11.8 Å². The number of H-pyrrole nitrogens is 1. The van der Waals surface area contributed by atoms with E-state index in [1.54, 1.807) is 30.3 Å². The van der Waals surface area contributed by atoms with Gasteiger partial charge in [0.1, 0.15) is 25.0 Å². The summed E-state index contributed by atoms with van der Waals surface area (Å²) in [7, 11) is 0. The number of azide groups is 1. The molecule has 3 amide bonds. The minimum Gasteiger partial charge on any atom is -0.463 e. The summed E-state index contributed by atoms with van der Waals surface area (Å²) in [5, 5.41) is 20.5. The molecule has 0 spiro atoms. The number of ether oxygens (including phenoxy) is 2. The number of aryl methyl sites for hydroxylation is 1. The fourth-order valence-electron chi connectivity index (χ4n) is 5.55. The second-order valence-electron chi connectivity index (χ2n) is 13.2. The van der Waals surface area contributed by atoms with Crippen LogP contribution in [0, 0.1) is 6.92 Å². The van der Waals surface area contributed by atoms with Crippen molar-refractivity contribution in [3.8, 4) is 0 Å². The number of carbonyl (C=O) groups excluding carboxylic acids is 4. The molecule has 1 aromatic heterocycles. The molecule has 0 bridgehead atoms. The van der Waals surface area contributed by atoms with Gasteiger partial charge in [-0.3, -0.25) is 33.5 Å². The first-order chi connectivity index (χ1) is 23.7. The number of aliphatic hydroxyl groups is 1. The normalized spacial score (nSPS) is 21.5. The van der Waals surface area contributed by atoms with Crippen LogP contribution in [0.25, 0.3) is 10.4 Å². The van der Waals surface area contributed by atoms with Gasteiger partial charge in [-0.2, -0.15) is 0 Å². The van der Waals surface area contributed by atoms with Crippen LogP contribution in [-0.2, 0) is 35.1 Å². The predicted octanol–water partition coefficient (Wildman–Crippen LogP) is 1.04. The van der Waals surface area contributed by atoms with Crippen LogP contribution in [0.3, 0.4) is 0 Å². The van der Waals surface area contributed by atoms with Crippen molar-refractivity contribution in [2.24, 2.45) is 5.11 Å². The zero-order valence-corrected chi connectivity index (χ0v) is 29.1. The monoisotopic (exact) mass is 714 g/mol. The van der Waals surface area contributed by atoms with Crippen molar-refractivity contribution in [1.82, 2.24) is 25.1 Å². The Morgan fingerprint density at radius 1 is 1.20 bits per heavy atom. The number of thioether (sulfide) groups is 1. The zero-order chi connectivity index (χ0) is 36.6. The van der Waals surface area contributed by atoms with Crippen molar-refractivity contribution in [2.75, 3.05) is 18.2 Å². The van der Waals surface area contributed by atoms with E-state index in [0.29, 0.717) is 5.75 Å². The summed E-state index contributed by atoms with van der Waals surface area (Å²) in [5.74, 6) is -1.86. The van der Waals surface area contributed by atoms with Gasteiger partial charge in [0.05, 0.1) is 24.4 Å². The SMILES string of the molecule is Cc1cn(C2CC(N=[N+]=[N-])C(COC(=O)CCC(=O)N[C@@H](Cc3ccccc3)[C@H](O)C(=O)N3CSC[C@H]3C(=O)NC(C)(C)C)O2)c(=O)[nH]c1=O. The molecule has 2 saturated heterocycles. The fourth-order valence-corrected chi connectivity index (χ4v) is 6.71. The molecule has 270 valence electrons. The summed E-state index contributed by atoms with van der Waals surface area (Å²) in [5.41, 5.74) is 8.25. The van der Waals surface area contributed by atoms with Crippen LogP contribution in [0.2, 0.25) is 0 Å². The van der Waals surface area contributed by atoms with Crippen molar-refractivity contribution >= 4 is 35.5 Å². The quantitative estimate of drug-likeness (QED) is 0.0995. The number of hydrogen-bond donors (Lipinski definition) is 4. The van der Waals surface area contributed by atoms with E-state index in [-0.39, 0.29) is 49.6 Å². The van der Waals surface area contributed by atoms with E-state index >= 15 is 0 Å². The van der Waals surface area contributed by atoms with E-state index in [2.05, 4.69) is 25.6 Å². The molecule has 6 atom stereocenters. The van der Waals surface area contributed by atoms with E-state index < -0.39 is 71.1 Å². The lowest BCUT2D eigenvalue weighted by Gasteiger charge is -2.31. The highest BCUT2D eigenvalue weighted by molar-refractivity contribution is 7.99. The smallest absolute Gasteiger partial charge is 0.330 e. The summed E-state index contributed by atoms with van der Waals surface area (Å²) < 4.78 is 12.3. The number of nitrogens with zero attached hydrogens (tertiary/aromatic N) is 5. The molecule has 4 rings (SSSR count). The number of hydrogen-bond acceptors (Lipinski definition) is 11. The van der Waals surface area contributed by atoms with Gasteiger partial charge >= 0.3 is 11.7 Å². The van der Waals surface area contributed by atoms with Gasteiger partial charge < -0.3 is 30.1 Å². The summed E-state index contributed by atoms with van der Waals surface area (Å²) in [4.78, 5) is 82.5. The first-order valence-electron chi connectivity index (χ1n) is 16.1. The molecule has 2 aromatic rings. The molecule has 1 aromatic carbocycles. The maximum absolute atomic E-state index is 13.5. The fraction of sp³-hybridized carbons (Fsp3) is 0.562. The number of aromatic amines is 1. The first-order valence-corrected chi connectivity index (χ1v) is 17.2. The molecule has 2 fully saturated rings. The van der Waals surface area contributed by atoms with Crippen LogP contribution in [0.15, 0.2) is 51.2 Å². The van der Waals surface area contributed by atoms with Gasteiger partial charge in [0.15, 0.2) is 6.10 Å². The van der Waals surface area contributed by atoms with Crippen molar-refractivity contribution in [1.29, 1.82) is 0 Å². The third-order valence-corrected chi connectivity index (χ3v) is 9.08. The van der Waals surface area contributed by atoms with Gasteiger partial charge in [0, 0.05) is 40.8 Å². The molecule has 2 aliphatic heterocycles. The van der Waals surface area contributed by atoms with Crippen molar-refractivity contribution in [3.63, 3.8) is 0 Å². The number of aromatic nitrogens is 2. The topological polar surface area (TPSA) is 238 Å². The van der Waals surface area contributed by atoms with Crippen molar-refractivity contribution in [3.05, 3.63) is 78.9 Å². The van der Waals surface area contributed by atoms with E-state index in [1.807, 2.05) is 20.8 Å². The standard InChI is InChI=1S/C32H42N8O9S/c1-18-14-39(31(47)35-28(18)44)25-13-20(37-38-33)23(49-25)15-48-26(42)11-10-24(41)34-21(12-19-8-6-5-7-9-19)27(43)30(46)40-17-50-16-22(40)29(45)36-32(2,3)4/h5-9,14,20-23,25,27,43H,10-13,15-17H2,1-4H3,(H,34,41)(H,36,45)(H,35,44,47)/t20?,21-,22-,23?,25?,27-/m0/s1.